The molecule has 0 aliphatic heterocycles. The molecule has 19 heavy (non-hydrogen) atoms. The highest BCUT2D eigenvalue weighted by atomic mass is 19.1. The van der Waals surface area contributed by atoms with E-state index in [1.54, 1.807) is 0 Å². The summed E-state index contributed by atoms with van der Waals surface area (Å²) in [4.78, 5) is 21.3. The van der Waals surface area contributed by atoms with Crippen LogP contribution < -0.4 is 11.1 Å². The van der Waals surface area contributed by atoms with Crippen molar-refractivity contribution in [3.05, 3.63) is 34.1 Å². The maximum absolute atomic E-state index is 13.5. The zero-order valence-corrected chi connectivity index (χ0v) is 10.7. The van der Waals surface area contributed by atoms with E-state index in [0.717, 1.165) is 18.2 Å². The minimum absolute atomic E-state index is 0.0636. The lowest BCUT2D eigenvalue weighted by molar-refractivity contribution is -0.385. The highest BCUT2D eigenvalue weighted by Crippen LogP contribution is 2.20. The summed E-state index contributed by atoms with van der Waals surface area (Å²) < 4.78 is 13.5. The van der Waals surface area contributed by atoms with E-state index in [1.807, 2.05) is 13.8 Å². The first-order valence-electron chi connectivity index (χ1n) is 5.80. The van der Waals surface area contributed by atoms with E-state index in [2.05, 4.69) is 5.32 Å². The van der Waals surface area contributed by atoms with Gasteiger partial charge in [0.1, 0.15) is 0 Å². The van der Waals surface area contributed by atoms with E-state index < -0.39 is 16.6 Å². The van der Waals surface area contributed by atoms with Crippen molar-refractivity contribution in [3.63, 3.8) is 0 Å². The molecule has 0 saturated carbocycles. The van der Waals surface area contributed by atoms with E-state index in [1.165, 1.54) is 0 Å². The molecule has 1 atom stereocenters. The second kappa shape index (κ2) is 6.24. The van der Waals surface area contributed by atoms with Crippen LogP contribution in [0.15, 0.2) is 18.2 Å². The molecule has 6 nitrogen and oxygen atoms in total. The molecule has 0 aliphatic carbocycles. The monoisotopic (exact) mass is 269 g/mol. The molecule has 104 valence electrons. The summed E-state index contributed by atoms with van der Waals surface area (Å²) in [5.74, 6) is -1.14. The number of carbonyl (C=O) groups excluding carboxylic acids is 1. The van der Waals surface area contributed by atoms with Crippen LogP contribution in [0.5, 0.6) is 0 Å². The number of amides is 1. The second-order valence-corrected chi connectivity index (χ2v) is 4.58. The van der Waals surface area contributed by atoms with Gasteiger partial charge in [0.25, 0.3) is 5.69 Å². The van der Waals surface area contributed by atoms with Crippen molar-refractivity contribution < 1.29 is 14.1 Å². The van der Waals surface area contributed by atoms with Crippen LogP contribution in [0.25, 0.3) is 0 Å². The summed E-state index contributed by atoms with van der Waals surface area (Å²) in [6.07, 6.45) is 0.0636. The summed E-state index contributed by atoms with van der Waals surface area (Å²) in [5.41, 5.74) is 5.27. The molecule has 1 amide bonds. The van der Waals surface area contributed by atoms with Crippen molar-refractivity contribution in [1.82, 2.24) is 0 Å². The van der Waals surface area contributed by atoms with Gasteiger partial charge >= 0.3 is 0 Å². The Morgan fingerprint density at radius 3 is 2.63 bits per heavy atom. The summed E-state index contributed by atoms with van der Waals surface area (Å²) in [6.45, 7) is 3.76. The molecule has 0 saturated heterocycles. The third-order valence-electron chi connectivity index (χ3n) is 2.71. The number of benzene rings is 1. The Kier molecular flexibility index (Phi) is 4.94. The molecule has 0 spiro atoms. The Morgan fingerprint density at radius 1 is 1.53 bits per heavy atom. The molecule has 3 N–H and O–H groups in total. The molecule has 0 aromatic heterocycles. The fraction of sp³-hybridized carbons (Fsp3) is 0.417. The van der Waals surface area contributed by atoms with Gasteiger partial charge in [-0.25, -0.2) is 4.39 Å². The van der Waals surface area contributed by atoms with Crippen LogP contribution in [0.4, 0.5) is 15.8 Å². The Bertz CT molecular complexity index is 491. The normalized spacial score (nSPS) is 12.3. The van der Waals surface area contributed by atoms with Crippen LogP contribution in [-0.4, -0.2) is 16.9 Å². The number of nitrogens with zero attached hydrogens (tertiary/aromatic N) is 1. The number of nitrogens with one attached hydrogen (secondary N) is 1. The minimum atomic E-state index is -0.847. The smallest absolute Gasteiger partial charge is 0.272 e. The number of hydrogen-bond donors (Lipinski definition) is 2. The molecule has 1 unspecified atom stereocenters. The molecule has 0 fully saturated rings. The average Bonchev–Trinajstić information content (AvgIpc) is 2.31. The van der Waals surface area contributed by atoms with Gasteiger partial charge in [0.15, 0.2) is 5.82 Å². The average molecular weight is 269 g/mol. The minimum Gasteiger partial charge on any atom is -0.327 e. The van der Waals surface area contributed by atoms with Crippen LogP contribution in [0.2, 0.25) is 0 Å². The second-order valence-electron chi connectivity index (χ2n) is 4.58. The summed E-state index contributed by atoms with van der Waals surface area (Å²) in [7, 11) is 0. The molecule has 0 bridgehead atoms. The molecule has 0 heterocycles. The molecule has 7 heteroatoms. The molecule has 1 rings (SSSR count). The third-order valence-corrected chi connectivity index (χ3v) is 2.71. The number of nitrogens with two attached hydrogens (primary N) is 1. The first kappa shape index (κ1) is 15.0. The van der Waals surface area contributed by atoms with Gasteiger partial charge in [0.2, 0.25) is 5.91 Å². The Morgan fingerprint density at radius 2 is 2.16 bits per heavy atom. The third kappa shape index (κ3) is 4.29. The molecule has 1 aromatic rings. The van der Waals surface area contributed by atoms with Crippen LogP contribution >= 0.6 is 0 Å². The molecule has 0 radical (unpaired) electrons. The largest absolute Gasteiger partial charge is 0.327 e. The fourth-order valence-electron chi connectivity index (χ4n) is 1.37. The highest BCUT2D eigenvalue weighted by molar-refractivity contribution is 5.91. The topological polar surface area (TPSA) is 98.3 Å². The SMILES string of the molecule is CC(C)C(N)CC(=O)Nc1ccc([N+](=O)[O-])cc1F. The van der Waals surface area contributed by atoms with Crippen molar-refractivity contribution in [2.75, 3.05) is 5.32 Å². The number of non-ortho nitro benzene ring substituents is 1. The van der Waals surface area contributed by atoms with Crippen LogP contribution in [0, 0.1) is 21.8 Å². The number of carbonyl (C=O) groups is 1. The molecular formula is C12H16FN3O3. The fourth-order valence-corrected chi connectivity index (χ4v) is 1.37. The lowest BCUT2D eigenvalue weighted by Gasteiger charge is -2.15. The van der Waals surface area contributed by atoms with Crippen molar-refractivity contribution in [2.45, 2.75) is 26.3 Å². The van der Waals surface area contributed by atoms with E-state index >= 15 is 0 Å². The number of halogens is 1. The number of anilines is 1. The van der Waals surface area contributed by atoms with Crippen LogP contribution in [-0.2, 0) is 4.79 Å². The molecule has 0 aliphatic rings. The first-order chi connectivity index (χ1) is 8.81. The number of nitro benzene ring substituents is 1. The van der Waals surface area contributed by atoms with Crippen molar-refractivity contribution >= 4 is 17.3 Å². The zero-order valence-electron chi connectivity index (χ0n) is 10.7. The molecular weight excluding hydrogens is 253 g/mol. The maximum Gasteiger partial charge on any atom is 0.272 e. The van der Waals surface area contributed by atoms with E-state index in [9.17, 15) is 19.3 Å². The van der Waals surface area contributed by atoms with Gasteiger partial charge in [-0.2, -0.15) is 0 Å². The summed E-state index contributed by atoms with van der Waals surface area (Å²) in [5, 5.41) is 12.8. The Balaban J connectivity index is 2.72. The Labute approximate surface area is 109 Å². The van der Waals surface area contributed by atoms with Gasteiger partial charge < -0.3 is 11.1 Å². The lowest BCUT2D eigenvalue weighted by atomic mass is 10.0. The quantitative estimate of drug-likeness (QED) is 0.631. The van der Waals surface area contributed by atoms with Gasteiger partial charge in [-0.15, -0.1) is 0 Å². The first-order valence-corrected chi connectivity index (χ1v) is 5.80. The van der Waals surface area contributed by atoms with E-state index in [0.29, 0.717) is 0 Å². The van der Waals surface area contributed by atoms with Gasteiger partial charge in [-0.3, -0.25) is 14.9 Å². The van der Waals surface area contributed by atoms with Crippen molar-refractivity contribution in [2.24, 2.45) is 11.7 Å². The van der Waals surface area contributed by atoms with Crippen molar-refractivity contribution in [1.29, 1.82) is 0 Å². The standard InChI is InChI=1S/C12H16FN3O3/c1-7(2)10(14)6-12(17)15-11-4-3-8(16(18)19)5-9(11)13/h3-5,7,10H,6,14H2,1-2H3,(H,15,17). The van der Waals surface area contributed by atoms with Gasteiger partial charge in [-0.1, -0.05) is 13.8 Å². The van der Waals surface area contributed by atoms with Crippen LogP contribution in [0.1, 0.15) is 20.3 Å². The number of hydrogen-bond acceptors (Lipinski definition) is 4. The van der Waals surface area contributed by atoms with Gasteiger partial charge in [0.05, 0.1) is 16.7 Å². The van der Waals surface area contributed by atoms with Crippen molar-refractivity contribution in [3.8, 4) is 0 Å². The Hall–Kier alpha value is -2.02. The number of nitro groups is 1. The summed E-state index contributed by atoms with van der Waals surface area (Å²) in [6, 6.07) is 2.73. The van der Waals surface area contributed by atoms with Gasteiger partial charge in [-0.05, 0) is 12.0 Å². The zero-order chi connectivity index (χ0) is 14.6. The molecule has 1 aromatic carbocycles. The summed E-state index contributed by atoms with van der Waals surface area (Å²) >= 11 is 0. The lowest BCUT2D eigenvalue weighted by Crippen LogP contribution is -2.31. The van der Waals surface area contributed by atoms with Gasteiger partial charge in [0, 0.05) is 18.5 Å². The number of rotatable bonds is 5. The van der Waals surface area contributed by atoms with E-state index in [4.69, 9.17) is 5.73 Å². The predicted octanol–water partition coefficient (Wildman–Crippen LogP) is 2.05. The predicted molar refractivity (Wildman–Crippen MR) is 69.1 cm³/mol. The van der Waals surface area contributed by atoms with Crippen LogP contribution in [0.3, 0.4) is 0 Å². The van der Waals surface area contributed by atoms with E-state index in [-0.39, 0.29) is 29.8 Å². The highest BCUT2D eigenvalue weighted by Gasteiger charge is 2.16. The maximum atomic E-state index is 13.5.